The second-order valence-electron chi connectivity index (χ2n) is 5.27. The van der Waals surface area contributed by atoms with E-state index in [1.807, 2.05) is 0 Å². The van der Waals surface area contributed by atoms with Gasteiger partial charge in [0.1, 0.15) is 5.02 Å². The Bertz CT molecular complexity index is 504. The fraction of sp³-hybridized carbons (Fsp3) is 0.714. The SMILES string of the molecule is CCCCn1ncc(NC2CCC(OC)C2)c(Cl)c1=O. The number of aryl methyl sites for hydroxylation is 1. The number of anilines is 1. The van der Waals surface area contributed by atoms with Gasteiger partial charge in [-0.05, 0) is 25.7 Å². The average Bonchev–Trinajstić information content (AvgIpc) is 2.91. The van der Waals surface area contributed by atoms with Crippen molar-refractivity contribution in [3.05, 3.63) is 21.6 Å². The van der Waals surface area contributed by atoms with Crippen LogP contribution in [0.3, 0.4) is 0 Å². The van der Waals surface area contributed by atoms with Crippen molar-refractivity contribution in [3.8, 4) is 0 Å². The maximum Gasteiger partial charge on any atom is 0.287 e. The van der Waals surface area contributed by atoms with Crippen LogP contribution in [0, 0.1) is 0 Å². The zero-order valence-corrected chi connectivity index (χ0v) is 12.8. The van der Waals surface area contributed by atoms with Gasteiger partial charge in [0.05, 0.1) is 18.0 Å². The summed E-state index contributed by atoms with van der Waals surface area (Å²) >= 11 is 6.16. The molecule has 1 aromatic heterocycles. The van der Waals surface area contributed by atoms with Crippen LogP contribution in [-0.4, -0.2) is 29.0 Å². The van der Waals surface area contributed by atoms with Crippen LogP contribution in [0.25, 0.3) is 0 Å². The van der Waals surface area contributed by atoms with E-state index in [0.717, 1.165) is 32.1 Å². The fourth-order valence-electron chi connectivity index (χ4n) is 2.54. The number of methoxy groups -OCH3 is 1. The number of hydrogen-bond acceptors (Lipinski definition) is 4. The van der Waals surface area contributed by atoms with Gasteiger partial charge >= 0.3 is 0 Å². The van der Waals surface area contributed by atoms with Crippen LogP contribution in [0.5, 0.6) is 0 Å². The zero-order valence-electron chi connectivity index (χ0n) is 12.1. The standard InChI is InChI=1S/C14H22ClN3O2/c1-3-4-7-18-14(19)13(15)12(9-16-18)17-10-5-6-11(8-10)20-2/h9-11,17H,3-8H2,1-2H3. The third-order valence-electron chi connectivity index (χ3n) is 3.79. The highest BCUT2D eigenvalue weighted by Crippen LogP contribution is 2.26. The highest BCUT2D eigenvalue weighted by atomic mass is 35.5. The molecule has 0 aromatic carbocycles. The first-order valence-corrected chi connectivity index (χ1v) is 7.58. The van der Waals surface area contributed by atoms with Crippen LogP contribution >= 0.6 is 11.6 Å². The lowest BCUT2D eigenvalue weighted by molar-refractivity contribution is 0.108. The molecule has 0 bridgehead atoms. The van der Waals surface area contributed by atoms with Gasteiger partial charge in [0.2, 0.25) is 0 Å². The minimum Gasteiger partial charge on any atom is -0.381 e. The van der Waals surface area contributed by atoms with Gasteiger partial charge < -0.3 is 10.1 Å². The van der Waals surface area contributed by atoms with Crippen LogP contribution in [0.1, 0.15) is 39.0 Å². The van der Waals surface area contributed by atoms with Gasteiger partial charge in [0, 0.05) is 19.7 Å². The average molecular weight is 300 g/mol. The molecule has 0 amide bonds. The first-order valence-electron chi connectivity index (χ1n) is 7.20. The Morgan fingerprint density at radius 3 is 3.00 bits per heavy atom. The smallest absolute Gasteiger partial charge is 0.287 e. The molecule has 0 radical (unpaired) electrons. The van der Waals surface area contributed by atoms with Crippen molar-refractivity contribution in [1.29, 1.82) is 0 Å². The normalized spacial score (nSPS) is 22.1. The number of nitrogens with zero attached hydrogens (tertiary/aromatic N) is 2. The Hall–Kier alpha value is -1.07. The quantitative estimate of drug-likeness (QED) is 0.877. The van der Waals surface area contributed by atoms with E-state index in [2.05, 4.69) is 17.3 Å². The van der Waals surface area contributed by atoms with E-state index in [-0.39, 0.29) is 10.6 Å². The second kappa shape index (κ2) is 7.09. The zero-order chi connectivity index (χ0) is 14.5. The van der Waals surface area contributed by atoms with E-state index in [0.29, 0.717) is 24.4 Å². The molecule has 2 unspecified atom stereocenters. The van der Waals surface area contributed by atoms with Crippen molar-refractivity contribution in [1.82, 2.24) is 9.78 Å². The van der Waals surface area contributed by atoms with Crippen LogP contribution in [-0.2, 0) is 11.3 Å². The van der Waals surface area contributed by atoms with Gasteiger partial charge in [-0.3, -0.25) is 4.79 Å². The Balaban J connectivity index is 2.06. The van der Waals surface area contributed by atoms with Crippen LogP contribution in [0.4, 0.5) is 5.69 Å². The van der Waals surface area contributed by atoms with Gasteiger partial charge in [-0.2, -0.15) is 5.10 Å². The number of aromatic nitrogens is 2. The second-order valence-corrected chi connectivity index (χ2v) is 5.64. The summed E-state index contributed by atoms with van der Waals surface area (Å²) in [5, 5.41) is 7.73. The molecule has 1 aliphatic rings. The molecular formula is C14H22ClN3O2. The summed E-state index contributed by atoms with van der Waals surface area (Å²) in [6, 6.07) is 0.296. The third-order valence-corrected chi connectivity index (χ3v) is 4.15. The topological polar surface area (TPSA) is 56.1 Å². The predicted molar refractivity (Wildman–Crippen MR) is 80.5 cm³/mol. The molecule has 1 heterocycles. The molecule has 1 fully saturated rings. The molecule has 1 aliphatic carbocycles. The van der Waals surface area contributed by atoms with Crippen molar-refractivity contribution in [2.75, 3.05) is 12.4 Å². The molecule has 0 aliphatic heterocycles. The molecular weight excluding hydrogens is 278 g/mol. The number of unbranched alkanes of at least 4 members (excludes halogenated alkanes) is 1. The minimum absolute atomic E-state index is 0.216. The molecule has 2 atom stereocenters. The van der Waals surface area contributed by atoms with Crippen LogP contribution < -0.4 is 10.9 Å². The lowest BCUT2D eigenvalue weighted by Gasteiger charge is -2.15. The lowest BCUT2D eigenvalue weighted by Crippen LogP contribution is -2.26. The molecule has 20 heavy (non-hydrogen) atoms. The first kappa shape index (κ1) is 15.3. The van der Waals surface area contributed by atoms with Gasteiger partial charge in [0.15, 0.2) is 0 Å². The predicted octanol–water partition coefficient (Wildman–Crippen LogP) is 2.68. The monoisotopic (exact) mass is 299 g/mol. The van der Waals surface area contributed by atoms with Gasteiger partial charge in [-0.1, -0.05) is 24.9 Å². The molecule has 5 nitrogen and oxygen atoms in total. The van der Waals surface area contributed by atoms with Gasteiger partial charge in [0.25, 0.3) is 5.56 Å². The van der Waals surface area contributed by atoms with E-state index >= 15 is 0 Å². The maximum atomic E-state index is 12.1. The summed E-state index contributed by atoms with van der Waals surface area (Å²) in [5.74, 6) is 0. The van der Waals surface area contributed by atoms with E-state index in [9.17, 15) is 4.79 Å². The minimum atomic E-state index is -0.216. The maximum absolute atomic E-state index is 12.1. The molecule has 0 saturated heterocycles. The van der Waals surface area contributed by atoms with Crippen LogP contribution in [0.2, 0.25) is 5.02 Å². The van der Waals surface area contributed by atoms with Crippen molar-refractivity contribution in [2.24, 2.45) is 0 Å². The van der Waals surface area contributed by atoms with E-state index in [1.54, 1.807) is 13.3 Å². The van der Waals surface area contributed by atoms with E-state index in [1.165, 1.54) is 4.68 Å². The van der Waals surface area contributed by atoms with Crippen molar-refractivity contribution >= 4 is 17.3 Å². The largest absolute Gasteiger partial charge is 0.381 e. The summed E-state index contributed by atoms with van der Waals surface area (Å²) in [5.41, 5.74) is 0.414. The Morgan fingerprint density at radius 2 is 2.35 bits per heavy atom. The highest BCUT2D eigenvalue weighted by molar-refractivity contribution is 6.32. The number of nitrogens with one attached hydrogen (secondary N) is 1. The third kappa shape index (κ3) is 3.52. The molecule has 0 spiro atoms. The van der Waals surface area contributed by atoms with E-state index in [4.69, 9.17) is 16.3 Å². The molecule has 6 heteroatoms. The van der Waals surface area contributed by atoms with Crippen molar-refractivity contribution < 1.29 is 4.74 Å². The summed E-state index contributed by atoms with van der Waals surface area (Å²) in [7, 11) is 1.73. The Kier molecular flexibility index (Phi) is 5.43. The summed E-state index contributed by atoms with van der Waals surface area (Å²) in [4.78, 5) is 12.1. The van der Waals surface area contributed by atoms with Crippen LogP contribution in [0.15, 0.2) is 11.0 Å². The summed E-state index contributed by atoms with van der Waals surface area (Å²) in [6.07, 6.45) is 6.88. The molecule has 1 saturated carbocycles. The number of hydrogen-bond donors (Lipinski definition) is 1. The first-order chi connectivity index (χ1) is 9.65. The van der Waals surface area contributed by atoms with Gasteiger partial charge in [-0.15, -0.1) is 0 Å². The highest BCUT2D eigenvalue weighted by Gasteiger charge is 2.25. The number of halogens is 1. The molecule has 1 aromatic rings. The number of rotatable bonds is 6. The van der Waals surface area contributed by atoms with Gasteiger partial charge in [-0.25, -0.2) is 4.68 Å². The summed E-state index contributed by atoms with van der Waals surface area (Å²) in [6.45, 7) is 2.69. The molecule has 2 rings (SSSR count). The summed E-state index contributed by atoms with van der Waals surface area (Å²) < 4.78 is 6.78. The number of ether oxygens (including phenoxy) is 1. The fourth-order valence-corrected chi connectivity index (χ4v) is 2.74. The Labute approximate surface area is 124 Å². The molecule has 112 valence electrons. The van der Waals surface area contributed by atoms with Crippen molar-refractivity contribution in [3.63, 3.8) is 0 Å². The lowest BCUT2D eigenvalue weighted by atomic mass is 10.2. The Morgan fingerprint density at radius 1 is 1.55 bits per heavy atom. The van der Waals surface area contributed by atoms with Crippen molar-refractivity contribution in [2.45, 2.75) is 57.7 Å². The molecule has 1 N–H and O–H groups in total. The van der Waals surface area contributed by atoms with E-state index < -0.39 is 0 Å².